The fourth-order valence-corrected chi connectivity index (χ4v) is 3.79. The number of amidine groups is 1. The van der Waals surface area contributed by atoms with Gasteiger partial charge < -0.3 is 9.73 Å². The van der Waals surface area contributed by atoms with Crippen molar-refractivity contribution < 1.29 is 14.1 Å². The zero-order valence-electron chi connectivity index (χ0n) is 16.0. The molecule has 8 heteroatoms. The molecule has 1 saturated heterocycles. The molecule has 30 heavy (non-hydrogen) atoms. The van der Waals surface area contributed by atoms with Gasteiger partial charge in [-0.3, -0.25) is 14.9 Å². The molecule has 1 N–H and O–H groups in total. The largest absolute Gasteiger partial charge is 0.457 e. The number of carbonyl (C=O) groups is 1. The maximum absolute atomic E-state index is 12.3. The lowest BCUT2D eigenvalue weighted by molar-refractivity contribution is -0.384. The van der Waals surface area contributed by atoms with Gasteiger partial charge in [-0.25, -0.2) is 4.99 Å². The molecule has 0 radical (unpaired) electrons. The summed E-state index contributed by atoms with van der Waals surface area (Å²) in [5, 5.41) is 14.1. The predicted octanol–water partition coefficient (Wildman–Crippen LogP) is 5.31. The SMILES string of the molecule is CCc1ccccc1N=C1NC(=O)C(=Cc2ccc(-c3ccc([N+](=O)[O-])cc3)o2)S1. The first-order chi connectivity index (χ1) is 14.5. The second kappa shape index (κ2) is 8.38. The number of nitrogens with zero attached hydrogens (tertiary/aromatic N) is 2. The number of non-ortho nitro benzene ring substituents is 1. The number of carbonyl (C=O) groups excluding carboxylic acids is 1. The van der Waals surface area contributed by atoms with Crippen LogP contribution in [0.15, 0.2) is 75.0 Å². The third-order valence-corrected chi connectivity index (χ3v) is 5.42. The highest BCUT2D eigenvalue weighted by Crippen LogP contribution is 2.31. The number of furan rings is 1. The van der Waals surface area contributed by atoms with E-state index in [-0.39, 0.29) is 11.6 Å². The molecule has 150 valence electrons. The molecular weight excluding hydrogens is 402 g/mol. The number of amides is 1. The van der Waals surface area contributed by atoms with Crippen molar-refractivity contribution in [2.24, 2.45) is 4.99 Å². The Labute approximate surface area is 176 Å². The van der Waals surface area contributed by atoms with Crippen molar-refractivity contribution in [2.45, 2.75) is 13.3 Å². The molecule has 0 spiro atoms. The lowest BCUT2D eigenvalue weighted by atomic mass is 10.1. The zero-order valence-corrected chi connectivity index (χ0v) is 16.8. The van der Waals surface area contributed by atoms with Crippen LogP contribution in [0.3, 0.4) is 0 Å². The summed E-state index contributed by atoms with van der Waals surface area (Å²) in [4.78, 5) is 27.7. The fraction of sp³-hybridized carbons (Fsp3) is 0.0909. The summed E-state index contributed by atoms with van der Waals surface area (Å²) in [5.41, 5.74) is 2.67. The number of nitro groups is 1. The Morgan fingerprint density at radius 1 is 1.13 bits per heavy atom. The van der Waals surface area contributed by atoms with E-state index in [1.807, 2.05) is 24.3 Å². The second-order valence-electron chi connectivity index (χ2n) is 6.47. The minimum Gasteiger partial charge on any atom is -0.457 e. The van der Waals surface area contributed by atoms with Crippen LogP contribution < -0.4 is 5.32 Å². The molecule has 1 aliphatic heterocycles. The van der Waals surface area contributed by atoms with Crippen LogP contribution in [0.5, 0.6) is 0 Å². The molecule has 3 aromatic rings. The van der Waals surface area contributed by atoms with Gasteiger partial charge >= 0.3 is 0 Å². The number of aliphatic imine (C=N–C) groups is 1. The molecule has 0 saturated carbocycles. The molecule has 0 unspecified atom stereocenters. The van der Waals surface area contributed by atoms with Crippen molar-refractivity contribution in [3.63, 3.8) is 0 Å². The average molecular weight is 419 g/mol. The van der Waals surface area contributed by atoms with Crippen LogP contribution in [-0.4, -0.2) is 16.0 Å². The van der Waals surface area contributed by atoms with Crippen LogP contribution in [0, 0.1) is 10.1 Å². The molecule has 2 heterocycles. The highest BCUT2D eigenvalue weighted by atomic mass is 32.2. The Hall–Kier alpha value is -3.65. The van der Waals surface area contributed by atoms with Crippen LogP contribution in [-0.2, 0) is 11.2 Å². The molecule has 7 nitrogen and oxygen atoms in total. The molecule has 1 aromatic heterocycles. The number of nitrogens with one attached hydrogen (secondary N) is 1. The lowest BCUT2D eigenvalue weighted by Gasteiger charge is -2.02. The monoisotopic (exact) mass is 419 g/mol. The first kappa shape index (κ1) is 19.7. The second-order valence-corrected chi connectivity index (χ2v) is 7.50. The van der Waals surface area contributed by atoms with Gasteiger partial charge in [0.05, 0.1) is 15.5 Å². The van der Waals surface area contributed by atoms with Gasteiger partial charge in [0.2, 0.25) is 0 Å². The van der Waals surface area contributed by atoms with Crippen molar-refractivity contribution in [1.29, 1.82) is 0 Å². The van der Waals surface area contributed by atoms with Crippen LogP contribution in [0.1, 0.15) is 18.2 Å². The van der Waals surface area contributed by atoms with Gasteiger partial charge in [0.1, 0.15) is 11.5 Å². The van der Waals surface area contributed by atoms with Gasteiger partial charge in [0, 0.05) is 23.8 Å². The smallest absolute Gasteiger partial charge is 0.269 e. The topological polar surface area (TPSA) is 97.7 Å². The Morgan fingerprint density at radius 2 is 1.90 bits per heavy atom. The average Bonchev–Trinajstić information content (AvgIpc) is 3.35. The van der Waals surface area contributed by atoms with Gasteiger partial charge in [-0.05, 0) is 54.1 Å². The van der Waals surface area contributed by atoms with E-state index in [1.54, 1.807) is 30.3 Å². The summed E-state index contributed by atoms with van der Waals surface area (Å²) < 4.78 is 5.79. The number of para-hydroxylation sites is 1. The van der Waals surface area contributed by atoms with Crippen LogP contribution >= 0.6 is 11.8 Å². The molecule has 0 atom stereocenters. The highest BCUT2D eigenvalue weighted by Gasteiger charge is 2.24. The van der Waals surface area contributed by atoms with E-state index < -0.39 is 4.92 Å². The van der Waals surface area contributed by atoms with Gasteiger partial charge in [-0.15, -0.1) is 0 Å². The number of benzene rings is 2. The molecule has 0 bridgehead atoms. The normalized spacial score (nSPS) is 16.2. The van der Waals surface area contributed by atoms with Gasteiger partial charge in [0.25, 0.3) is 11.6 Å². The quantitative estimate of drug-likeness (QED) is 0.343. The maximum Gasteiger partial charge on any atom is 0.269 e. The van der Waals surface area contributed by atoms with E-state index in [9.17, 15) is 14.9 Å². The minimum atomic E-state index is -0.449. The Bertz CT molecular complexity index is 1180. The van der Waals surface area contributed by atoms with Crippen LogP contribution in [0.2, 0.25) is 0 Å². The van der Waals surface area contributed by atoms with Crippen molar-refractivity contribution in [3.8, 4) is 11.3 Å². The molecule has 1 amide bonds. The Balaban J connectivity index is 1.53. The number of aryl methyl sites for hydroxylation is 1. The van der Waals surface area contributed by atoms with E-state index in [4.69, 9.17) is 4.42 Å². The maximum atomic E-state index is 12.3. The van der Waals surface area contributed by atoms with Crippen molar-refractivity contribution >= 4 is 40.3 Å². The lowest BCUT2D eigenvalue weighted by Crippen LogP contribution is -2.19. The highest BCUT2D eigenvalue weighted by molar-refractivity contribution is 8.18. The predicted molar refractivity (Wildman–Crippen MR) is 117 cm³/mol. The Morgan fingerprint density at radius 3 is 2.63 bits per heavy atom. The van der Waals surface area contributed by atoms with Crippen LogP contribution in [0.4, 0.5) is 11.4 Å². The summed E-state index contributed by atoms with van der Waals surface area (Å²) in [7, 11) is 0. The molecule has 0 aliphatic carbocycles. The minimum absolute atomic E-state index is 0.0168. The number of thioether (sulfide) groups is 1. The Kier molecular flexibility index (Phi) is 5.49. The standard InChI is InChI=1S/C22H17N3O4S/c1-2-14-5-3-4-6-18(14)23-22-24-21(26)20(30-22)13-17-11-12-19(29-17)15-7-9-16(10-8-15)25(27)28/h3-13H,2H2,1H3,(H,23,24,26). The van der Waals surface area contributed by atoms with Crippen molar-refractivity contribution in [2.75, 3.05) is 0 Å². The van der Waals surface area contributed by atoms with E-state index in [2.05, 4.69) is 17.2 Å². The summed E-state index contributed by atoms with van der Waals surface area (Å²) in [6.07, 6.45) is 2.51. The number of hydrogen-bond acceptors (Lipinski definition) is 6. The van der Waals surface area contributed by atoms with E-state index >= 15 is 0 Å². The van der Waals surface area contributed by atoms with E-state index in [0.717, 1.165) is 17.7 Å². The summed E-state index contributed by atoms with van der Waals surface area (Å²) in [6, 6.07) is 17.4. The van der Waals surface area contributed by atoms with E-state index in [1.165, 1.54) is 23.9 Å². The van der Waals surface area contributed by atoms with Gasteiger partial charge in [-0.1, -0.05) is 25.1 Å². The van der Waals surface area contributed by atoms with Crippen molar-refractivity contribution in [1.82, 2.24) is 5.32 Å². The summed E-state index contributed by atoms with van der Waals surface area (Å²) in [6.45, 7) is 2.06. The van der Waals surface area contributed by atoms with E-state index in [0.29, 0.717) is 27.2 Å². The number of hydrogen-bond donors (Lipinski definition) is 1. The zero-order chi connectivity index (χ0) is 21.1. The summed E-state index contributed by atoms with van der Waals surface area (Å²) in [5.74, 6) is 0.836. The van der Waals surface area contributed by atoms with Crippen molar-refractivity contribution in [3.05, 3.63) is 87.0 Å². The fourth-order valence-electron chi connectivity index (χ4n) is 2.97. The van der Waals surface area contributed by atoms with Gasteiger partial charge in [-0.2, -0.15) is 0 Å². The molecular formula is C22H17N3O4S. The molecule has 1 aliphatic rings. The first-order valence-corrected chi connectivity index (χ1v) is 10.1. The summed E-state index contributed by atoms with van der Waals surface area (Å²) >= 11 is 1.25. The third kappa shape index (κ3) is 4.18. The van der Waals surface area contributed by atoms with Gasteiger partial charge in [0.15, 0.2) is 5.17 Å². The molecule has 2 aromatic carbocycles. The number of rotatable bonds is 5. The number of nitro benzene ring substituents is 1. The first-order valence-electron chi connectivity index (χ1n) is 9.25. The van der Waals surface area contributed by atoms with Crippen LogP contribution in [0.25, 0.3) is 17.4 Å². The third-order valence-electron chi connectivity index (χ3n) is 4.51. The molecule has 1 fully saturated rings. The molecule has 4 rings (SSSR count).